The molecule has 2 N–H and O–H groups in total. The van der Waals surface area contributed by atoms with Crippen LogP contribution in [0.3, 0.4) is 0 Å². The van der Waals surface area contributed by atoms with Gasteiger partial charge in [0.1, 0.15) is 22.8 Å². The number of nitrogens with one attached hydrogen (secondary N) is 2. The van der Waals surface area contributed by atoms with Crippen LogP contribution in [0.5, 0.6) is 11.5 Å². The molecule has 1 saturated carbocycles. The maximum Gasteiger partial charge on any atom is 0.273 e. The number of hydrogen-bond donors (Lipinski definition) is 2. The summed E-state index contributed by atoms with van der Waals surface area (Å²) in [6, 6.07) is 12.6. The fourth-order valence-electron chi connectivity index (χ4n) is 3.60. The lowest BCUT2D eigenvalue weighted by molar-refractivity contribution is -0.117. The van der Waals surface area contributed by atoms with Gasteiger partial charge in [0.25, 0.3) is 5.91 Å². The van der Waals surface area contributed by atoms with Crippen molar-refractivity contribution >= 4 is 29.0 Å². The Hall–Kier alpha value is -4.14. The van der Waals surface area contributed by atoms with Crippen molar-refractivity contribution in [3.63, 3.8) is 0 Å². The van der Waals surface area contributed by atoms with Crippen LogP contribution in [-0.4, -0.2) is 31.0 Å². The van der Waals surface area contributed by atoms with E-state index in [1.165, 1.54) is 0 Å². The Balaban J connectivity index is 1.29. The molecular weight excluding hydrogens is 420 g/mol. The van der Waals surface area contributed by atoms with Gasteiger partial charge in [-0.3, -0.25) is 14.3 Å². The molecule has 1 aromatic carbocycles. The third kappa shape index (κ3) is 4.57. The van der Waals surface area contributed by atoms with Crippen LogP contribution in [-0.2, 0) is 11.3 Å². The van der Waals surface area contributed by atoms with E-state index < -0.39 is 0 Å². The van der Waals surface area contributed by atoms with Gasteiger partial charge in [0.2, 0.25) is 5.91 Å². The van der Waals surface area contributed by atoms with Gasteiger partial charge < -0.3 is 19.8 Å². The Morgan fingerprint density at radius 2 is 1.94 bits per heavy atom. The second-order valence-electron chi connectivity index (χ2n) is 8.09. The van der Waals surface area contributed by atoms with Crippen molar-refractivity contribution in [3.8, 4) is 11.5 Å². The van der Waals surface area contributed by atoms with Crippen molar-refractivity contribution in [2.75, 3.05) is 10.6 Å². The molecule has 9 nitrogen and oxygen atoms in total. The Morgan fingerprint density at radius 3 is 2.73 bits per heavy atom. The van der Waals surface area contributed by atoms with E-state index in [9.17, 15) is 9.59 Å². The number of pyridine rings is 1. The van der Waals surface area contributed by atoms with E-state index in [1.807, 2.05) is 38.1 Å². The molecule has 0 unspecified atom stereocenters. The van der Waals surface area contributed by atoms with Crippen LogP contribution < -0.4 is 15.4 Å². The lowest BCUT2D eigenvalue weighted by Crippen LogP contribution is -2.17. The number of nitrogens with zero attached hydrogens (tertiary/aromatic N) is 4. The van der Waals surface area contributed by atoms with E-state index >= 15 is 0 Å². The summed E-state index contributed by atoms with van der Waals surface area (Å²) in [5, 5.41) is 10.1. The lowest BCUT2D eigenvalue weighted by Gasteiger charge is -2.10. The van der Waals surface area contributed by atoms with Crippen molar-refractivity contribution in [1.29, 1.82) is 0 Å². The van der Waals surface area contributed by atoms with E-state index in [0.717, 1.165) is 18.5 Å². The molecule has 0 saturated heterocycles. The van der Waals surface area contributed by atoms with Gasteiger partial charge in [-0.1, -0.05) is 6.07 Å². The number of carbonyl (C=O) groups excluding carboxylic acids is 2. The molecule has 2 amide bonds. The number of ether oxygens (including phenoxy) is 1. The van der Waals surface area contributed by atoms with Crippen LogP contribution in [0.1, 0.15) is 35.9 Å². The third-order valence-corrected chi connectivity index (χ3v) is 5.39. The van der Waals surface area contributed by atoms with Gasteiger partial charge in [0.05, 0.1) is 18.1 Å². The molecule has 0 bridgehead atoms. The maximum absolute atomic E-state index is 12.7. The Morgan fingerprint density at radius 1 is 1.09 bits per heavy atom. The monoisotopic (exact) mass is 444 g/mol. The van der Waals surface area contributed by atoms with Crippen molar-refractivity contribution in [2.45, 2.75) is 33.2 Å². The number of aromatic nitrogens is 4. The smallest absolute Gasteiger partial charge is 0.273 e. The molecule has 0 spiro atoms. The topological polar surface area (TPSA) is 103 Å². The zero-order valence-electron chi connectivity index (χ0n) is 18.4. The number of imidazole rings is 1. The molecule has 5 rings (SSSR count). The molecule has 168 valence electrons. The summed E-state index contributed by atoms with van der Waals surface area (Å²) >= 11 is 0. The predicted octanol–water partition coefficient (Wildman–Crippen LogP) is 4.25. The Bertz CT molecular complexity index is 1350. The van der Waals surface area contributed by atoms with Crippen LogP contribution in [0.25, 0.3) is 5.65 Å². The van der Waals surface area contributed by atoms with Gasteiger partial charge in [-0.05, 0) is 57.0 Å². The number of anilines is 2. The summed E-state index contributed by atoms with van der Waals surface area (Å²) in [5.74, 6) is 1.61. The van der Waals surface area contributed by atoms with Gasteiger partial charge in [0, 0.05) is 24.2 Å². The Labute approximate surface area is 190 Å². The van der Waals surface area contributed by atoms with Gasteiger partial charge >= 0.3 is 0 Å². The molecule has 9 heteroatoms. The summed E-state index contributed by atoms with van der Waals surface area (Å²) in [7, 11) is 0. The average molecular weight is 444 g/mol. The highest BCUT2D eigenvalue weighted by atomic mass is 16.5. The molecule has 1 aliphatic carbocycles. The van der Waals surface area contributed by atoms with Gasteiger partial charge in [-0.2, -0.15) is 5.10 Å². The first-order valence-corrected chi connectivity index (χ1v) is 10.9. The molecule has 33 heavy (non-hydrogen) atoms. The summed E-state index contributed by atoms with van der Waals surface area (Å²) in [6.07, 6.45) is 5.44. The van der Waals surface area contributed by atoms with Crippen LogP contribution in [0.15, 0.2) is 54.9 Å². The van der Waals surface area contributed by atoms with E-state index in [0.29, 0.717) is 40.9 Å². The molecule has 3 heterocycles. The standard InChI is InChI=1S/C24H24N6O3/c1-3-30-20(11-15(2)28-30)24(32)25-17-5-4-6-18(12-17)33-19-9-10-22-26-21(14-29(22)13-19)27-23(31)16-7-8-16/h4-6,9-14,16H,3,7-8H2,1-2H3,(H,25,32)(H,27,31). The van der Waals surface area contributed by atoms with Gasteiger partial charge in [-0.15, -0.1) is 0 Å². The molecule has 0 radical (unpaired) electrons. The number of aryl methyl sites for hydroxylation is 2. The minimum atomic E-state index is -0.227. The minimum absolute atomic E-state index is 0.0193. The number of amides is 2. The SMILES string of the molecule is CCn1nc(C)cc1C(=O)Nc1cccc(Oc2ccc3nc(NC(=O)C4CC4)cn3c2)c1. The highest BCUT2D eigenvalue weighted by Gasteiger charge is 2.30. The van der Waals surface area contributed by atoms with Crippen molar-refractivity contribution in [2.24, 2.45) is 5.92 Å². The van der Waals surface area contributed by atoms with E-state index in [-0.39, 0.29) is 17.7 Å². The molecular formula is C24H24N6O3. The molecule has 1 aliphatic rings. The largest absolute Gasteiger partial charge is 0.456 e. The summed E-state index contributed by atoms with van der Waals surface area (Å²) in [6.45, 7) is 4.42. The number of carbonyl (C=O) groups is 2. The minimum Gasteiger partial charge on any atom is -0.456 e. The fourth-order valence-corrected chi connectivity index (χ4v) is 3.60. The van der Waals surface area contributed by atoms with Crippen molar-refractivity contribution < 1.29 is 14.3 Å². The van der Waals surface area contributed by atoms with Crippen LogP contribution >= 0.6 is 0 Å². The molecule has 4 aromatic rings. The Kier molecular flexibility index (Phi) is 5.29. The molecule has 1 fully saturated rings. The summed E-state index contributed by atoms with van der Waals surface area (Å²) in [4.78, 5) is 29.1. The van der Waals surface area contributed by atoms with Gasteiger partial charge in [-0.25, -0.2) is 4.98 Å². The first kappa shape index (κ1) is 20.7. The highest BCUT2D eigenvalue weighted by Crippen LogP contribution is 2.30. The zero-order chi connectivity index (χ0) is 22.9. The van der Waals surface area contributed by atoms with Crippen LogP contribution in [0.2, 0.25) is 0 Å². The molecule has 0 atom stereocenters. The van der Waals surface area contributed by atoms with Gasteiger partial charge in [0.15, 0.2) is 5.82 Å². The first-order chi connectivity index (χ1) is 16.0. The zero-order valence-corrected chi connectivity index (χ0v) is 18.4. The number of fused-ring (bicyclic) bond motifs is 1. The van der Waals surface area contributed by atoms with Crippen LogP contribution in [0, 0.1) is 12.8 Å². The van der Waals surface area contributed by atoms with E-state index in [2.05, 4.69) is 20.7 Å². The normalized spacial score (nSPS) is 13.2. The first-order valence-electron chi connectivity index (χ1n) is 10.9. The number of hydrogen-bond acceptors (Lipinski definition) is 5. The second-order valence-corrected chi connectivity index (χ2v) is 8.09. The number of rotatable bonds is 7. The summed E-state index contributed by atoms with van der Waals surface area (Å²) in [5.41, 5.74) is 2.63. The van der Waals surface area contributed by atoms with E-state index in [4.69, 9.17) is 4.74 Å². The summed E-state index contributed by atoms with van der Waals surface area (Å²) < 4.78 is 9.47. The lowest BCUT2D eigenvalue weighted by atomic mass is 10.2. The quantitative estimate of drug-likeness (QED) is 0.444. The third-order valence-electron chi connectivity index (χ3n) is 5.39. The van der Waals surface area contributed by atoms with Crippen molar-refractivity contribution in [1.82, 2.24) is 19.2 Å². The molecule has 0 aliphatic heterocycles. The predicted molar refractivity (Wildman–Crippen MR) is 124 cm³/mol. The average Bonchev–Trinajstić information content (AvgIpc) is 3.47. The second kappa shape index (κ2) is 8.42. The van der Waals surface area contributed by atoms with Crippen LogP contribution in [0.4, 0.5) is 11.5 Å². The fraction of sp³-hybridized carbons (Fsp3) is 0.250. The van der Waals surface area contributed by atoms with E-state index in [1.54, 1.807) is 39.7 Å². The van der Waals surface area contributed by atoms with Crippen molar-refractivity contribution in [3.05, 3.63) is 66.2 Å². The molecule has 3 aromatic heterocycles. The maximum atomic E-state index is 12.7. The highest BCUT2D eigenvalue weighted by molar-refractivity contribution is 6.03. The number of benzene rings is 1.